The number of aromatic hydroxyl groups is 1. The third-order valence-corrected chi connectivity index (χ3v) is 2.61. The zero-order chi connectivity index (χ0) is 13.7. The van der Waals surface area contributed by atoms with Gasteiger partial charge in [0.05, 0.1) is 5.71 Å². The second-order valence-corrected chi connectivity index (χ2v) is 4.29. The number of rotatable bonds is 3. The average molecular weight is 314 g/mol. The Morgan fingerprint density at radius 1 is 1.50 bits per heavy atom. The van der Waals surface area contributed by atoms with E-state index in [0.717, 1.165) is 4.47 Å². The Balaban J connectivity index is 3.02. The number of nitrogens with one attached hydrogen (secondary N) is 1. The highest BCUT2D eigenvalue weighted by atomic mass is 79.9. The zero-order valence-corrected chi connectivity index (χ0v) is 11.2. The van der Waals surface area contributed by atoms with Gasteiger partial charge < -0.3 is 10.8 Å². The maximum Gasteiger partial charge on any atom is 0.329 e. The molecule has 6 nitrogen and oxygen atoms in total. The number of carbonyl (C=O) groups is 2. The van der Waals surface area contributed by atoms with Crippen LogP contribution in [0.15, 0.2) is 27.8 Å². The molecule has 0 aliphatic carbocycles. The molecule has 1 aromatic carbocycles. The second-order valence-electron chi connectivity index (χ2n) is 3.38. The first-order valence-electron chi connectivity index (χ1n) is 5.11. The van der Waals surface area contributed by atoms with E-state index in [1.165, 1.54) is 6.07 Å². The monoisotopic (exact) mass is 313 g/mol. The minimum atomic E-state index is -1.12. The molecule has 96 valence electrons. The number of hydrazone groups is 1. The van der Waals surface area contributed by atoms with Gasteiger partial charge in [-0.05, 0) is 24.6 Å². The third-order valence-electron chi connectivity index (χ3n) is 2.12. The van der Waals surface area contributed by atoms with Crippen molar-refractivity contribution in [3.63, 3.8) is 0 Å². The molecule has 2 amide bonds. The van der Waals surface area contributed by atoms with E-state index >= 15 is 0 Å². The highest BCUT2D eigenvalue weighted by molar-refractivity contribution is 9.10. The summed E-state index contributed by atoms with van der Waals surface area (Å²) in [5.41, 5.74) is 7.71. The molecule has 0 bridgehead atoms. The summed E-state index contributed by atoms with van der Waals surface area (Å²) in [7, 11) is 0. The lowest BCUT2D eigenvalue weighted by molar-refractivity contribution is -0.137. The number of halogens is 1. The average Bonchev–Trinajstić information content (AvgIpc) is 2.33. The quantitative estimate of drug-likeness (QED) is 0.438. The largest absolute Gasteiger partial charge is 0.507 e. The van der Waals surface area contributed by atoms with E-state index < -0.39 is 11.8 Å². The summed E-state index contributed by atoms with van der Waals surface area (Å²) < 4.78 is 0.762. The predicted molar refractivity (Wildman–Crippen MR) is 70.0 cm³/mol. The number of benzene rings is 1. The minimum absolute atomic E-state index is 0.0344. The van der Waals surface area contributed by atoms with Crippen LogP contribution in [0.2, 0.25) is 0 Å². The molecule has 0 radical (unpaired) electrons. The maximum atomic E-state index is 11.0. The highest BCUT2D eigenvalue weighted by Crippen LogP contribution is 2.23. The number of phenolic OH excluding ortho intramolecular Hbond substituents is 1. The lowest BCUT2D eigenvalue weighted by Gasteiger charge is -2.07. The smallest absolute Gasteiger partial charge is 0.329 e. The molecule has 1 rings (SSSR count). The number of phenols is 1. The van der Waals surface area contributed by atoms with Gasteiger partial charge in [-0.15, -0.1) is 0 Å². The van der Waals surface area contributed by atoms with Crippen LogP contribution in [0.25, 0.3) is 0 Å². The van der Waals surface area contributed by atoms with E-state index in [4.69, 9.17) is 5.73 Å². The summed E-state index contributed by atoms with van der Waals surface area (Å²) >= 11 is 3.27. The first-order valence-corrected chi connectivity index (χ1v) is 5.90. The molecule has 4 N–H and O–H groups in total. The molecule has 0 spiro atoms. The summed E-state index contributed by atoms with van der Waals surface area (Å²) in [5, 5.41) is 13.5. The lowest BCUT2D eigenvalue weighted by atomic mass is 10.1. The molecule has 0 saturated heterocycles. The summed E-state index contributed by atoms with van der Waals surface area (Å²) in [6, 6.07) is 4.84. The van der Waals surface area contributed by atoms with Crippen molar-refractivity contribution in [2.45, 2.75) is 13.3 Å². The van der Waals surface area contributed by atoms with E-state index in [1.807, 2.05) is 5.43 Å². The van der Waals surface area contributed by atoms with Gasteiger partial charge in [0.25, 0.3) is 0 Å². The van der Waals surface area contributed by atoms with E-state index in [0.29, 0.717) is 17.7 Å². The fourth-order valence-electron chi connectivity index (χ4n) is 1.24. The van der Waals surface area contributed by atoms with Crippen LogP contribution in [-0.2, 0) is 9.59 Å². The molecule has 0 fully saturated rings. The number of nitrogens with zero attached hydrogens (tertiary/aromatic N) is 1. The molecule has 0 aliphatic heterocycles. The lowest BCUT2D eigenvalue weighted by Crippen LogP contribution is -2.33. The van der Waals surface area contributed by atoms with Gasteiger partial charge in [-0.2, -0.15) is 5.10 Å². The highest BCUT2D eigenvalue weighted by Gasteiger charge is 2.11. The van der Waals surface area contributed by atoms with Crippen molar-refractivity contribution in [2.24, 2.45) is 10.8 Å². The SMILES string of the molecule is CC/C(=N\NC(=O)C(N)=O)c1cc(Br)ccc1O. The van der Waals surface area contributed by atoms with E-state index in [1.54, 1.807) is 19.1 Å². The Morgan fingerprint density at radius 2 is 2.17 bits per heavy atom. The number of hydrogen-bond donors (Lipinski definition) is 3. The third kappa shape index (κ3) is 3.56. The molecule has 0 aromatic heterocycles. The van der Waals surface area contributed by atoms with Crippen molar-refractivity contribution < 1.29 is 14.7 Å². The van der Waals surface area contributed by atoms with Crippen LogP contribution in [0.1, 0.15) is 18.9 Å². The Bertz CT molecular complexity index is 514. The minimum Gasteiger partial charge on any atom is -0.507 e. The standard InChI is InChI=1S/C11H12BrN3O3/c1-2-8(14-15-11(18)10(13)17)7-5-6(12)3-4-9(7)16/h3-5,16H,2H2,1H3,(H2,13,17)(H,15,18)/b14-8+. The van der Waals surface area contributed by atoms with Gasteiger partial charge in [0.15, 0.2) is 0 Å². The Morgan fingerprint density at radius 3 is 2.72 bits per heavy atom. The predicted octanol–water partition coefficient (Wildman–Crippen LogP) is 0.870. The van der Waals surface area contributed by atoms with Gasteiger partial charge in [0, 0.05) is 10.0 Å². The van der Waals surface area contributed by atoms with Crippen molar-refractivity contribution in [3.05, 3.63) is 28.2 Å². The summed E-state index contributed by atoms with van der Waals surface area (Å²) in [5.74, 6) is -2.09. The van der Waals surface area contributed by atoms with Crippen LogP contribution in [-0.4, -0.2) is 22.6 Å². The number of primary amides is 1. The Labute approximate surface area is 112 Å². The Hall–Kier alpha value is -1.89. The van der Waals surface area contributed by atoms with Crippen molar-refractivity contribution in [2.75, 3.05) is 0 Å². The van der Waals surface area contributed by atoms with Gasteiger partial charge in [0.2, 0.25) is 0 Å². The van der Waals surface area contributed by atoms with Crippen molar-refractivity contribution in [1.82, 2.24) is 5.43 Å². The summed E-state index contributed by atoms with van der Waals surface area (Å²) in [6.45, 7) is 1.80. The molecular weight excluding hydrogens is 302 g/mol. The van der Waals surface area contributed by atoms with Crippen LogP contribution in [0.4, 0.5) is 0 Å². The van der Waals surface area contributed by atoms with E-state index in [2.05, 4.69) is 21.0 Å². The molecule has 0 heterocycles. The summed E-state index contributed by atoms with van der Waals surface area (Å²) in [6.07, 6.45) is 0.461. The first-order chi connectivity index (χ1) is 8.45. The van der Waals surface area contributed by atoms with Crippen LogP contribution in [0, 0.1) is 0 Å². The summed E-state index contributed by atoms with van der Waals surface area (Å²) in [4.78, 5) is 21.5. The van der Waals surface area contributed by atoms with Crippen LogP contribution in [0.3, 0.4) is 0 Å². The number of nitrogens with two attached hydrogens (primary N) is 1. The van der Waals surface area contributed by atoms with Gasteiger partial charge in [-0.3, -0.25) is 9.59 Å². The normalized spacial score (nSPS) is 11.1. The molecule has 0 atom stereocenters. The van der Waals surface area contributed by atoms with E-state index in [-0.39, 0.29) is 5.75 Å². The fourth-order valence-corrected chi connectivity index (χ4v) is 1.60. The first kappa shape index (κ1) is 14.2. The van der Waals surface area contributed by atoms with Crippen LogP contribution >= 0.6 is 15.9 Å². The number of amides is 2. The van der Waals surface area contributed by atoms with Gasteiger partial charge in [-0.1, -0.05) is 22.9 Å². The van der Waals surface area contributed by atoms with Crippen LogP contribution in [0.5, 0.6) is 5.75 Å². The zero-order valence-electron chi connectivity index (χ0n) is 9.61. The number of hydrogen-bond acceptors (Lipinski definition) is 4. The second kappa shape index (κ2) is 6.15. The van der Waals surface area contributed by atoms with E-state index in [9.17, 15) is 14.7 Å². The molecule has 0 unspecified atom stereocenters. The molecule has 0 aliphatic rings. The van der Waals surface area contributed by atoms with Gasteiger partial charge in [-0.25, -0.2) is 5.43 Å². The fraction of sp³-hybridized carbons (Fsp3) is 0.182. The molecule has 0 saturated carbocycles. The molecule has 7 heteroatoms. The van der Waals surface area contributed by atoms with Crippen molar-refractivity contribution in [3.8, 4) is 5.75 Å². The molecule has 1 aromatic rings. The van der Waals surface area contributed by atoms with Crippen molar-refractivity contribution in [1.29, 1.82) is 0 Å². The Kier molecular flexibility index (Phi) is 4.85. The number of carbonyl (C=O) groups excluding carboxylic acids is 2. The topological polar surface area (TPSA) is 105 Å². The molecule has 18 heavy (non-hydrogen) atoms. The van der Waals surface area contributed by atoms with Gasteiger partial charge >= 0.3 is 11.8 Å². The van der Waals surface area contributed by atoms with Crippen molar-refractivity contribution >= 4 is 33.5 Å². The van der Waals surface area contributed by atoms with Gasteiger partial charge in [0.1, 0.15) is 5.75 Å². The maximum absolute atomic E-state index is 11.0. The molecular formula is C11H12BrN3O3. The van der Waals surface area contributed by atoms with Crippen LogP contribution < -0.4 is 11.2 Å².